The van der Waals surface area contributed by atoms with Gasteiger partial charge in [0.2, 0.25) is 34.8 Å². The van der Waals surface area contributed by atoms with Crippen LogP contribution in [0.5, 0.6) is 5.75 Å². The normalized spacial score (nSPS) is 20.2. The zero-order chi connectivity index (χ0) is 34.1. The minimum absolute atomic E-state index is 0.0512. The molecule has 0 amide bonds. The number of nitrogens with two attached hydrogens (primary N) is 2. The van der Waals surface area contributed by atoms with Crippen LogP contribution in [-0.2, 0) is 33.2 Å². The Labute approximate surface area is 261 Å². The molecule has 0 aromatic heterocycles. The Morgan fingerprint density at radius 2 is 1.35 bits per heavy atom. The fourth-order valence-electron chi connectivity index (χ4n) is 3.75. The molecule has 1 saturated heterocycles. The number of hydrazine groups is 1. The molecule has 1 aromatic carbocycles. The quantitative estimate of drug-likeness (QED) is 0.0160. The summed E-state index contributed by atoms with van der Waals surface area (Å²) in [7, 11) is 0. The monoisotopic (exact) mass is 677 g/mol. The van der Waals surface area contributed by atoms with Gasteiger partial charge in [0.25, 0.3) is 0 Å². The molecule has 14 nitrogen and oxygen atoms in total. The molecule has 4 atom stereocenters. The third-order valence-corrected chi connectivity index (χ3v) is 6.19. The number of ether oxygens (including phenoxy) is 7. The summed E-state index contributed by atoms with van der Waals surface area (Å²) in [5.41, 5.74) is 6.36. The second kappa shape index (κ2) is 21.2. The van der Waals surface area contributed by atoms with E-state index >= 15 is 0 Å². The smallest absolute Gasteiger partial charge is 0.313 e. The van der Waals surface area contributed by atoms with Gasteiger partial charge in [-0.3, -0.25) is 4.79 Å². The van der Waals surface area contributed by atoms with E-state index in [1.54, 1.807) is 0 Å². The summed E-state index contributed by atoms with van der Waals surface area (Å²) in [6.07, 6.45) is -2.56. The SMILES string of the molecule is N/C(=C\N(N)CCOCCOCCOCCOCCC(=O)Oc1c(F)c(F)c(F)c(F)c1F)CCOC1CC(O)C(O)C(CO)O1. The van der Waals surface area contributed by atoms with Crippen LogP contribution in [-0.4, -0.2) is 124 Å². The molecule has 2 rings (SSSR count). The molecule has 1 aliphatic heterocycles. The molecule has 46 heavy (non-hydrogen) atoms. The first-order valence-electron chi connectivity index (χ1n) is 14.2. The van der Waals surface area contributed by atoms with E-state index in [-0.39, 0.29) is 52.7 Å². The zero-order valence-corrected chi connectivity index (χ0v) is 24.9. The molecule has 19 heteroatoms. The van der Waals surface area contributed by atoms with Crippen LogP contribution in [0.2, 0.25) is 0 Å². The van der Waals surface area contributed by atoms with E-state index in [1.807, 2.05) is 0 Å². The van der Waals surface area contributed by atoms with E-state index < -0.39 is 78.4 Å². The molecular weight excluding hydrogens is 637 g/mol. The van der Waals surface area contributed by atoms with Crippen molar-refractivity contribution in [2.75, 3.05) is 72.6 Å². The first-order valence-corrected chi connectivity index (χ1v) is 14.2. The predicted molar refractivity (Wildman–Crippen MR) is 146 cm³/mol. The lowest BCUT2D eigenvalue weighted by Gasteiger charge is -2.36. The third kappa shape index (κ3) is 13.6. The highest BCUT2D eigenvalue weighted by atomic mass is 19.2. The number of aliphatic hydroxyl groups is 3. The zero-order valence-electron chi connectivity index (χ0n) is 24.9. The van der Waals surface area contributed by atoms with E-state index in [2.05, 4.69) is 4.74 Å². The van der Waals surface area contributed by atoms with Crippen LogP contribution in [0.3, 0.4) is 0 Å². The molecule has 264 valence electrons. The van der Waals surface area contributed by atoms with Crippen LogP contribution >= 0.6 is 0 Å². The Balaban J connectivity index is 1.41. The second-order valence-corrected chi connectivity index (χ2v) is 9.72. The van der Waals surface area contributed by atoms with E-state index in [9.17, 15) is 42.1 Å². The van der Waals surface area contributed by atoms with Crippen molar-refractivity contribution < 1.29 is 75.2 Å². The molecule has 1 aromatic rings. The molecule has 7 N–H and O–H groups in total. The molecule has 0 radical (unpaired) electrons. The number of aliphatic hydroxyl groups excluding tert-OH is 3. The van der Waals surface area contributed by atoms with Crippen LogP contribution in [0.15, 0.2) is 11.9 Å². The first-order chi connectivity index (χ1) is 22.0. The summed E-state index contributed by atoms with van der Waals surface area (Å²) < 4.78 is 103. The molecule has 1 aliphatic rings. The average Bonchev–Trinajstić information content (AvgIpc) is 3.02. The van der Waals surface area contributed by atoms with Crippen molar-refractivity contribution in [3.8, 4) is 5.75 Å². The summed E-state index contributed by atoms with van der Waals surface area (Å²) >= 11 is 0. The maximum atomic E-state index is 13.5. The standard InChI is InChI=1S/C27H40F5N3O11/c28-21-22(29)24(31)27(25(32)23(21)30)46-19(38)2-4-40-7-9-42-11-12-43-10-8-41-6-3-35(34)14-16(33)1-5-44-20-13-17(37)26(39)18(15-36)45-20/h14,17-18,20,26,36-37,39H,1-13,15,33-34H2/b16-14-. The number of esters is 1. The van der Waals surface area contributed by atoms with Crippen molar-refractivity contribution >= 4 is 5.97 Å². The number of carbonyl (C=O) groups is 1. The third-order valence-electron chi connectivity index (χ3n) is 6.19. The Morgan fingerprint density at radius 1 is 0.826 bits per heavy atom. The molecule has 1 fully saturated rings. The van der Waals surface area contributed by atoms with Gasteiger partial charge in [-0.15, -0.1) is 0 Å². The molecule has 0 spiro atoms. The van der Waals surface area contributed by atoms with Crippen molar-refractivity contribution in [1.82, 2.24) is 5.01 Å². The molecule has 4 unspecified atom stereocenters. The Kier molecular flexibility index (Phi) is 18.2. The summed E-state index contributed by atoms with van der Waals surface area (Å²) in [4.78, 5) is 11.6. The number of nitrogens with zero attached hydrogens (tertiary/aromatic N) is 1. The largest absolute Gasteiger partial charge is 0.420 e. The van der Waals surface area contributed by atoms with Crippen molar-refractivity contribution in [2.45, 2.75) is 43.9 Å². The summed E-state index contributed by atoms with van der Waals surface area (Å²) in [6, 6.07) is 0. The number of halogens is 5. The van der Waals surface area contributed by atoms with Gasteiger partial charge >= 0.3 is 5.97 Å². The number of rotatable bonds is 22. The van der Waals surface area contributed by atoms with E-state index in [1.165, 1.54) is 11.2 Å². The number of hydrogen-bond donors (Lipinski definition) is 5. The van der Waals surface area contributed by atoms with Gasteiger partial charge in [-0.1, -0.05) is 0 Å². The van der Waals surface area contributed by atoms with Crippen molar-refractivity contribution in [3.63, 3.8) is 0 Å². The maximum absolute atomic E-state index is 13.5. The lowest BCUT2D eigenvalue weighted by molar-refractivity contribution is -0.256. The molecule has 1 heterocycles. The Bertz CT molecular complexity index is 1080. The molecule has 0 bridgehead atoms. The van der Waals surface area contributed by atoms with Gasteiger partial charge in [-0.2, -0.15) is 8.78 Å². The lowest BCUT2D eigenvalue weighted by Crippen LogP contribution is -2.50. The van der Waals surface area contributed by atoms with Crippen LogP contribution in [0.4, 0.5) is 22.0 Å². The van der Waals surface area contributed by atoms with Gasteiger partial charge in [0, 0.05) is 24.7 Å². The molecule has 0 aliphatic carbocycles. The van der Waals surface area contributed by atoms with Gasteiger partial charge in [-0.05, 0) is 0 Å². The first kappa shape index (κ1) is 39.5. The highest BCUT2D eigenvalue weighted by Crippen LogP contribution is 2.29. The lowest BCUT2D eigenvalue weighted by atomic mass is 10.0. The highest BCUT2D eigenvalue weighted by molar-refractivity contribution is 5.72. The van der Waals surface area contributed by atoms with Gasteiger partial charge in [0.05, 0.1) is 85.1 Å². The predicted octanol–water partition coefficient (Wildman–Crippen LogP) is -0.0444. The van der Waals surface area contributed by atoms with Crippen LogP contribution < -0.4 is 16.3 Å². The second-order valence-electron chi connectivity index (χ2n) is 9.72. The van der Waals surface area contributed by atoms with Gasteiger partial charge < -0.3 is 59.2 Å². The van der Waals surface area contributed by atoms with E-state index in [0.717, 1.165) is 0 Å². The summed E-state index contributed by atoms with van der Waals surface area (Å²) in [5.74, 6) is -8.37. The van der Waals surface area contributed by atoms with Crippen molar-refractivity contribution in [3.05, 3.63) is 41.0 Å². The number of benzene rings is 1. The molecule has 0 saturated carbocycles. The maximum Gasteiger partial charge on any atom is 0.313 e. The van der Waals surface area contributed by atoms with Crippen molar-refractivity contribution in [2.24, 2.45) is 11.6 Å². The minimum atomic E-state index is -2.36. The highest BCUT2D eigenvalue weighted by Gasteiger charge is 2.36. The average molecular weight is 678 g/mol. The van der Waals surface area contributed by atoms with Gasteiger partial charge in [0.1, 0.15) is 12.2 Å². The fraction of sp³-hybridized carbons (Fsp3) is 0.667. The molecular formula is C27H40F5N3O11. The summed E-state index contributed by atoms with van der Waals surface area (Å²) in [5, 5.41) is 30.1. The van der Waals surface area contributed by atoms with Crippen molar-refractivity contribution in [1.29, 1.82) is 0 Å². The number of carbonyl (C=O) groups excluding carboxylic acids is 1. The van der Waals surface area contributed by atoms with Gasteiger partial charge in [-0.25, -0.2) is 19.0 Å². The topological polar surface area (TPSA) is 198 Å². The summed E-state index contributed by atoms with van der Waals surface area (Å²) in [6.45, 7) is 1.36. The fourth-order valence-corrected chi connectivity index (χ4v) is 3.75. The Hall–Kier alpha value is -2.72. The van der Waals surface area contributed by atoms with E-state index in [4.69, 9.17) is 40.0 Å². The van der Waals surface area contributed by atoms with Gasteiger partial charge in [0.15, 0.2) is 6.29 Å². The Morgan fingerprint density at radius 3 is 1.91 bits per heavy atom. The number of hydrogen-bond acceptors (Lipinski definition) is 14. The minimum Gasteiger partial charge on any atom is -0.420 e. The van der Waals surface area contributed by atoms with Crippen LogP contribution in [0.25, 0.3) is 0 Å². The van der Waals surface area contributed by atoms with Crippen LogP contribution in [0, 0.1) is 29.1 Å². The van der Waals surface area contributed by atoms with Crippen LogP contribution in [0.1, 0.15) is 19.3 Å². The van der Waals surface area contributed by atoms with E-state index in [0.29, 0.717) is 31.9 Å².